The molecule has 0 aliphatic heterocycles. The summed E-state index contributed by atoms with van der Waals surface area (Å²) < 4.78 is 0. The van der Waals surface area contributed by atoms with Crippen LogP contribution in [-0.2, 0) is 0 Å². The summed E-state index contributed by atoms with van der Waals surface area (Å²) in [6.45, 7) is 6.11. The molecule has 1 N–H and O–H groups in total. The van der Waals surface area contributed by atoms with Crippen LogP contribution in [-0.4, -0.2) is 11.2 Å². The van der Waals surface area contributed by atoms with Gasteiger partial charge in [0.25, 0.3) is 0 Å². The Morgan fingerprint density at radius 2 is 1.81 bits per heavy atom. The van der Waals surface area contributed by atoms with Gasteiger partial charge in [0.2, 0.25) is 0 Å². The standard InChI is InChI=1S/C15H26O/c1-12(2)15(16)13(3)8-7-11-14-9-5-4-6-10-14/h7-8,11-12,14-16H,4-6,9-10H2,1-3H3/b11-7-,13-8+. The number of rotatable bonds is 4. The summed E-state index contributed by atoms with van der Waals surface area (Å²) in [5, 5.41) is 9.83. The molecule has 1 unspecified atom stereocenters. The van der Waals surface area contributed by atoms with Crippen molar-refractivity contribution in [2.45, 2.75) is 59.0 Å². The first-order valence-corrected chi connectivity index (χ1v) is 6.64. The summed E-state index contributed by atoms with van der Waals surface area (Å²) in [6.07, 6.45) is 13.1. The molecule has 16 heavy (non-hydrogen) atoms. The molecular formula is C15H26O. The van der Waals surface area contributed by atoms with Crippen molar-refractivity contribution >= 4 is 0 Å². The highest BCUT2D eigenvalue weighted by atomic mass is 16.3. The molecule has 0 radical (unpaired) electrons. The van der Waals surface area contributed by atoms with Crippen molar-refractivity contribution in [2.75, 3.05) is 0 Å². The fourth-order valence-corrected chi connectivity index (χ4v) is 2.32. The van der Waals surface area contributed by atoms with Gasteiger partial charge in [-0.05, 0) is 37.2 Å². The van der Waals surface area contributed by atoms with Gasteiger partial charge in [0.1, 0.15) is 0 Å². The van der Waals surface area contributed by atoms with Crippen LogP contribution in [0.2, 0.25) is 0 Å². The molecule has 0 bridgehead atoms. The van der Waals surface area contributed by atoms with E-state index >= 15 is 0 Å². The Morgan fingerprint density at radius 1 is 1.19 bits per heavy atom. The van der Waals surface area contributed by atoms with Crippen molar-refractivity contribution in [2.24, 2.45) is 11.8 Å². The smallest absolute Gasteiger partial charge is 0.0773 e. The van der Waals surface area contributed by atoms with E-state index in [9.17, 15) is 5.11 Å². The van der Waals surface area contributed by atoms with Crippen molar-refractivity contribution < 1.29 is 5.11 Å². The molecule has 0 aromatic heterocycles. The van der Waals surface area contributed by atoms with Crippen molar-refractivity contribution in [3.05, 3.63) is 23.8 Å². The van der Waals surface area contributed by atoms with Crippen LogP contribution >= 0.6 is 0 Å². The SMILES string of the molecule is C/C(=C\C=C/C1CCCCC1)C(O)C(C)C. The zero-order valence-corrected chi connectivity index (χ0v) is 10.9. The van der Waals surface area contributed by atoms with Gasteiger partial charge >= 0.3 is 0 Å². The van der Waals surface area contributed by atoms with Gasteiger partial charge < -0.3 is 5.11 Å². The van der Waals surface area contributed by atoms with E-state index < -0.39 is 0 Å². The highest BCUT2D eigenvalue weighted by molar-refractivity contribution is 5.15. The van der Waals surface area contributed by atoms with Gasteiger partial charge in [0.05, 0.1) is 6.10 Å². The fourth-order valence-electron chi connectivity index (χ4n) is 2.32. The lowest BCUT2D eigenvalue weighted by molar-refractivity contribution is 0.160. The molecule has 0 aromatic rings. The van der Waals surface area contributed by atoms with Crippen LogP contribution in [0, 0.1) is 11.8 Å². The normalized spacial score (nSPS) is 21.9. The molecule has 0 amide bonds. The monoisotopic (exact) mass is 222 g/mol. The van der Waals surface area contributed by atoms with Gasteiger partial charge in [-0.2, -0.15) is 0 Å². The summed E-state index contributed by atoms with van der Waals surface area (Å²) >= 11 is 0. The average molecular weight is 222 g/mol. The van der Waals surface area contributed by atoms with Crippen LogP contribution in [0.15, 0.2) is 23.8 Å². The number of allylic oxidation sites excluding steroid dienone is 3. The molecule has 1 atom stereocenters. The third-order valence-electron chi connectivity index (χ3n) is 3.49. The average Bonchev–Trinajstić information content (AvgIpc) is 2.29. The third-order valence-corrected chi connectivity index (χ3v) is 3.49. The van der Waals surface area contributed by atoms with E-state index in [1.807, 2.05) is 20.8 Å². The van der Waals surface area contributed by atoms with E-state index in [4.69, 9.17) is 0 Å². The molecule has 0 heterocycles. The number of aliphatic hydroxyl groups is 1. The molecule has 0 spiro atoms. The fraction of sp³-hybridized carbons (Fsp3) is 0.733. The first-order chi connectivity index (χ1) is 7.61. The Morgan fingerprint density at radius 3 is 2.38 bits per heavy atom. The van der Waals surface area contributed by atoms with E-state index in [1.165, 1.54) is 32.1 Å². The summed E-state index contributed by atoms with van der Waals surface area (Å²) in [6, 6.07) is 0. The molecule has 0 aromatic carbocycles. The van der Waals surface area contributed by atoms with Crippen molar-refractivity contribution in [3.63, 3.8) is 0 Å². The summed E-state index contributed by atoms with van der Waals surface area (Å²) in [4.78, 5) is 0. The highest BCUT2D eigenvalue weighted by Gasteiger charge is 2.11. The molecule has 1 rings (SSSR count). The summed E-state index contributed by atoms with van der Waals surface area (Å²) in [5.74, 6) is 1.08. The Hall–Kier alpha value is -0.560. The van der Waals surface area contributed by atoms with E-state index in [0.717, 1.165) is 11.5 Å². The minimum atomic E-state index is -0.295. The topological polar surface area (TPSA) is 20.2 Å². The van der Waals surface area contributed by atoms with E-state index in [-0.39, 0.29) is 6.10 Å². The van der Waals surface area contributed by atoms with E-state index in [2.05, 4.69) is 18.2 Å². The van der Waals surface area contributed by atoms with Gasteiger partial charge in [0, 0.05) is 0 Å². The maximum atomic E-state index is 9.83. The van der Waals surface area contributed by atoms with Crippen LogP contribution in [0.1, 0.15) is 52.9 Å². The van der Waals surface area contributed by atoms with Gasteiger partial charge in [-0.1, -0.05) is 51.3 Å². The number of hydrogen-bond donors (Lipinski definition) is 1. The van der Waals surface area contributed by atoms with Crippen LogP contribution in [0.5, 0.6) is 0 Å². The van der Waals surface area contributed by atoms with Crippen LogP contribution in [0.25, 0.3) is 0 Å². The lowest BCUT2D eigenvalue weighted by Gasteiger charge is -2.17. The quantitative estimate of drug-likeness (QED) is 0.710. The zero-order chi connectivity index (χ0) is 12.0. The van der Waals surface area contributed by atoms with Gasteiger partial charge in [-0.15, -0.1) is 0 Å². The second-order valence-electron chi connectivity index (χ2n) is 5.38. The lowest BCUT2D eigenvalue weighted by atomic mass is 9.89. The van der Waals surface area contributed by atoms with Gasteiger partial charge in [-0.3, -0.25) is 0 Å². The summed E-state index contributed by atoms with van der Waals surface area (Å²) in [7, 11) is 0. The molecule has 1 aliphatic rings. The third kappa shape index (κ3) is 4.52. The van der Waals surface area contributed by atoms with Gasteiger partial charge in [0.15, 0.2) is 0 Å². The minimum absolute atomic E-state index is 0.295. The molecular weight excluding hydrogens is 196 g/mol. The Labute approximate surface area is 100 Å². The molecule has 92 valence electrons. The Bertz CT molecular complexity index is 244. The first kappa shape index (κ1) is 13.5. The Balaban J connectivity index is 2.41. The molecule has 1 heteroatoms. The minimum Gasteiger partial charge on any atom is -0.388 e. The maximum absolute atomic E-state index is 9.83. The molecule has 1 aliphatic carbocycles. The predicted molar refractivity (Wildman–Crippen MR) is 70.3 cm³/mol. The van der Waals surface area contributed by atoms with E-state index in [0.29, 0.717) is 5.92 Å². The first-order valence-electron chi connectivity index (χ1n) is 6.64. The second kappa shape index (κ2) is 6.90. The van der Waals surface area contributed by atoms with Gasteiger partial charge in [-0.25, -0.2) is 0 Å². The highest BCUT2D eigenvalue weighted by Crippen LogP contribution is 2.24. The van der Waals surface area contributed by atoms with E-state index in [1.54, 1.807) is 0 Å². The van der Waals surface area contributed by atoms with Crippen molar-refractivity contribution in [1.29, 1.82) is 0 Å². The predicted octanol–water partition coefficient (Wildman–Crippen LogP) is 4.09. The van der Waals surface area contributed by atoms with Crippen LogP contribution < -0.4 is 0 Å². The Kier molecular flexibility index (Phi) is 5.83. The second-order valence-corrected chi connectivity index (χ2v) is 5.38. The van der Waals surface area contributed by atoms with Crippen LogP contribution in [0.4, 0.5) is 0 Å². The molecule has 0 saturated heterocycles. The number of aliphatic hydroxyl groups excluding tert-OH is 1. The number of hydrogen-bond acceptors (Lipinski definition) is 1. The van der Waals surface area contributed by atoms with Crippen molar-refractivity contribution in [3.8, 4) is 0 Å². The zero-order valence-electron chi connectivity index (χ0n) is 10.9. The largest absolute Gasteiger partial charge is 0.388 e. The lowest BCUT2D eigenvalue weighted by Crippen LogP contribution is -2.15. The van der Waals surface area contributed by atoms with Crippen LogP contribution in [0.3, 0.4) is 0 Å². The maximum Gasteiger partial charge on any atom is 0.0773 e. The van der Waals surface area contributed by atoms with Crippen molar-refractivity contribution in [1.82, 2.24) is 0 Å². The molecule has 1 fully saturated rings. The molecule has 1 saturated carbocycles. The summed E-state index contributed by atoms with van der Waals surface area (Å²) in [5.41, 5.74) is 1.07. The molecule has 1 nitrogen and oxygen atoms in total.